The molecule has 14 heavy (non-hydrogen) atoms. The van der Waals surface area contributed by atoms with Gasteiger partial charge in [-0.2, -0.15) is 4.98 Å². The van der Waals surface area contributed by atoms with E-state index in [1.165, 1.54) is 0 Å². The van der Waals surface area contributed by atoms with Gasteiger partial charge in [0.15, 0.2) is 5.82 Å². The smallest absolute Gasteiger partial charge is 0.255 e. The molecular weight excluding hydrogens is 182 g/mol. The molecule has 5 nitrogen and oxygen atoms in total. The Labute approximate surface area is 82.8 Å². The monoisotopic (exact) mass is 197 g/mol. The minimum Gasteiger partial charge on any atom is -0.368 e. The Bertz CT molecular complexity index is 281. The molecule has 78 valence electrons. The van der Waals surface area contributed by atoms with E-state index in [0.29, 0.717) is 18.3 Å². The number of nitrogens with zero attached hydrogens (tertiary/aromatic N) is 2. The summed E-state index contributed by atoms with van der Waals surface area (Å²) < 4.78 is 10.6. The molecule has 1 aromatic rings. The summed E-state index contributed by atoms with van der Waals surface area (Å²) in [5.74, 6) is 1.33. The van der Waals surface area contributed by atoms with E-state index in [9.17, 15) is 0 Å². The van der Waals surface area contributed by atoms with Crippen molar-refractivity contribution in [1.29, 1.82) is 0 Å². The molecule has 0 bridgehead atoms. The van der Waals surface area contributed by atoms with Crippen molar-refractivity contribution in [3.63, 3.8) is 0 Å². The summed E-state index contributed by atoms with van der Waals surface area (Å²) in [5.41, 5.74) is 0. The van der Waals surface area contributed by atoms with Crippen LogP contribution in [0.2, 0.25) is 0 Å². The molecule has 1 aromatic heterocycles. The van der Waals surface area contributed by atoms with Gasteiger partial charge in [0.25, 0.3) is 5.89 Å². The maximum atomic E-state index is 5.44. The third-order valence-corrected chi connectivity index (χ3v) is 2.22. The predicted octanol–water partition coefficient (Wildman–Crippen LogP) is 1.03. The SMILES string of the molecule is CCNCc1noc(C2CCCO2)n1. The number of hydrogen-bond acceptors (Lipinski definition) is 5. The summed E-state index contributed by atoms with van der Waals surface area (Å²) in [6.07, 6.45) is 2.09. The second kappa shape index (κ2) is 4.52. The van der Waals surface area contributed by atoms with E-state index >= 15 is 0 Å². The topological polar surface area (TPSA) is 60.2 Å². The van der Waals surface area contributed by atoms with Gasteiger partial charge in [0.05, 0.1) is 6.54 Å². The standard InChI is InChI=1S/C9H15N3O2/c1-2-10-6-8-11-9(14-12-8)7-4-3-5-13-7/h7,10H,2-6H2,1H3. The average Bonchev–Trinajstić information content (AvgIpc) is 2.85. The Balaban J connectivity index is 1.94. The zero-order valence-corrected chi connectivity index (χ0v) is 8.32. The summed E-state index contributed by atoms with van der Waals surface area (Å²) in [6.45, 7) is 4.41. The van der Waals surface area contributed by atoms with Crippen molar-refractivity contribution in [2.24, 2.45) is 0 Å². The van der Waals surface area contributed by atoms with Crippen molar-refractivity contribution < 1.29 is 9.26 Å². The molecule has 1 atom stereocenters. The van der Waals surface area contributed by atoms with E-state index < -0.39 is 0 Å². The highest BCUT2D eigenvalue weighted by molar-refractivity contribution is 4.91. The van der Waals surface area contributed by atoms with E-state index in [-0.39, 0.29) is 6.10 Å². The molecule has 1 saturated heterocycles. The van der Waals surface area contributed by atoms with Gasteiger partial charge < -0.3 is 14.6 Å². The van der Waals surface area contributed by atoms with Gasteiger partial charge >= 0.3 is 0 Å². The van der Waals surface area contributed by atoms with Gasteiger partial charge in [-0.05, 0) is 19.4 Å². The lowest BCUT2D eigenvalue weighted by Crippen LogP contribution is -2.12. The number of aromatic nitrogens is 2. The van der Waals surface area contributed by atoms with Crippen LogP contribution >= 0.6 is 0 Å². The Morgan fingerprint density at radius 1 is 1.57 bits per heavy atom. The van der Waals surface area contributed by atoms with Gasteiger partial charge in [-0.1, -0.05) is 12.1 Å². The zero-order valence-electron chi connectivity index (χ0n) is 8.32. The summed E-state index contributed by atoms with van der Waals surface area (Å²) in [4.78, 5) is 4.26. The van der Waals surface area contributed by atoms with Gasteiger partial charge in [-0.15, -0.1) is 0 Å². The van der Waals surface area contributed by atoms with Crippen LogP contribution in [0.25, 0.3) is 0 Å². The quantitative estimate of drug-likeness (QED) is 0.781. The summed E-state index contributed by atoms with van der Waals surface area (Å²) >= 11 is 0. The van der Waals surface area contributed by atoms with Crippen molar-refractivity contribution in [3.8, 4) is 0 Å². The van der Waals surface area contributed by atoms with Gasteiger partial charge in [0, 0.05) is 6.61 Å². The first-order valence-electron chi connectivity index (χ1n) is 5.05. The van der Waals surface area contributed by atoms with E-state index in [1.807, 2.05) is 6.92 Å². The van der Waals surface area contributed by atoms with Crippen LogP contribution < -0.4 is 5.32 Å². The fourth-order valence-electron chi connectivity index (χ4n) is 1.48. The van der Waals surface area contributed by atoms with Crippen LogP contribution in [-0.4, -0.2) is 23.3 Å². The lowest BCUT2D eigenvalue weighted by atomic mass is 10.2. The van der Waals surface area contributed by atoms with Crippen LogP contribution in [0.15, 0.2) is 4.52 Å². The van der Waals surface area contributed by atoms with Crippen molar-refractivity contribution in [3.05, 3.63) is 11.7 Å². The molecule has 1 N–H and O–H groups in total. The van der Waals surface area contributed by atoms with Gasteiger partial charge in [0.1, 0.15) is 6.10 Å². The summed E-state index contributed by atoms with van der Waals surface area (Å²) in [6, 6.07) is 0. The minimum atomic E-state index is 0.0258. The minimum absolute atomic E-state index is 0.0258. The first-order valence-corrected chi connectivity index (χ1v) is 5.05. The Morgan fingerprint density at radius 3 is 3.21 bits per heavy atom. The largest absolute Gasteiger partial charge is 0.368 e. The fraction of sp³-hybridized carbons (Fsp3) is 0.778. The van der Waals surface area contributed by atoms with Crippen LogP contribution in [0.1, 0.15) is 37.6 Å². The molecule has 1 aliphatic heterocycles. The first-order chi connectivity index (χ1) is 6.90. The lowest BCUT2D eigenvalue weighted by Gasteiger charge is -2.00. The van der Waals surface area contributed by atoms with Gasteiger partial charge in [0.2, 0.25) is 0 Å². The van der Waals surface area contributed by atoms with E-state index in [0.717, 1.165) is 26.0 Å². The second-order valence-electron chi connectivity index (χ2n) is 3.33. The lowest BCUT2D eigenvalue weighted by molar-refractivity contribution is 0.0835. The van der Waals surface area contributed by atoms with E-state index in [4.69, 9.17) is 9.26 Å². The molecule has 0 amide bonds. The van der Waals surface area contributed by atoms with E-state index in [2.05, 4.69) is 15.5 Å². The van der Waals surface area contributed by atoms with Crippen molar-refractivity contribution >= 4 is 0 Å². The third kappa shape index (κ3) is 2.10. The third-order valence-electron chi connectivity index (χ3n) is 2.22. The second-order valence-corrected chi connectivity index (χ2v) is 3.33. The fourth-order valence-corrected chi connectivity index (χ4v) is 1.48. The molecule has 0 aliphatic carbocycles. The van der Waals surface area contributed by atoms with Crippen LogP contribution in [0.5, 0.6) is 0 Å². The van der Waals surface area contributed by atoms with Crippen molar-refractivity contribution in [2.45, 2.75) is 32.4 Å². The van der Waals surface area contributed by atoms with Gasteiger partial charge in [-0.25, -0.2) is 0 Å². The molecular formula is C9H15N3O2. The summed E-state index contributed by atoms with van der Waals surface area (Å²) in [7, 11) is 0. The van der Waals surface area contributed by atoms with E-state index in [1.54, 1.807) is 0 Å². The van der Waals surface area contributed by atoms with Crippen LogP contribution in [0, 0.1) is 0 Å². The first kappa shape index (κ1) is 9.61. The molecule has 0 aromatic carbocycles. The Hall–Kier alpha value is -0.940. The number of rotatable bonds is 4. The molecule has 2 heterocycles. The normalized spacial score (nSPS) is 21.6. The Morgan fingerprint density at radius 2 is 2.50 bits per heavy atom. The molecule has 5 heteroatoms. The molecule has 1 fully saturated rings. The Kier molecular flexibility index (Phi) is 3.10. The molecule has 0 spiro atoms. The summed E-state index contributed by atoms with van der Waals surface area (Å²) in [5, 5.41) is 7.01. The van der Waals surface area contributed by atoms with Crippen LogP contribution in [-0.2, 0) is 11.3 Å². The highest BCUT2D eigenvalue weighted by Crippen LogP contribution is 2.26. The molecule has 2 rings (SSSR count). The predicted molar refractivity (Wildman–Crippen MR) is 49.6 cm³/mol. The number of hydrogen-bond donors (Lipinski definition) is 1. The maximum absolute atomic E-state index is 5.44. The molecule has 0 saturated carbocycles. The molecule has 1 aliphatic rings. The molecule has 1 unspecified atom stereocenters. The highest BCUT2D eigenvalue weighted by Gasteiger charge is 2.23. The molecule has 0 radical (unpaired) electrons. The maximum Gasteiger partial charge on any atom is 0.255 e. The number of ether oxygens (including phenoxy) is 1. The van der Waals surface area contributed by atoms with Gasteiger partial charge in [-0.3, -0.25) is 0 Å². The van der Waals surface area contributed by atoms with Crippen molar-refractivity contribution in [2.75, 3.05) is 13.2 Å². The number of nitrogens with one attached hydrogen (secondary N) is 1. The highest BCUT2D eigenvalue weighted by atomic mass is 16.5. The van der Waals surface area contributed by atoms with Crippen LogP contribution in [0.3, 0.4) is 0 Å². The average molecular weight is 197 g/mol. The van der Waals surface area contributed by atoms with Crippen LogP contribution in [0.4, 0.5) is 0 Å². The zero-order chi connectivity index (χ0) is 9.80. The van der Waals surface area contributed by atoms with Crippen molar-refractivity contribution in [1.82, 2.24) is 15.5 Å².